The van der Waals surface area contributed by atoms with Crippen molar-refractivity contribution in [2.45, 2.75) is 24.7 Å². The highest BCUT2D eigenvalue weighted by Gasteiger charge is 2.28. The molecule has 1 aromatic carbocycles. The predicted molar refractivity (Wildman–Crippen MR) is 81.4 cm³/mol. The van der Waals surface area contributed by atoms with Crippen molar-refractivity contribution in [3.8, 4) is 0 Å². The van der Waals surface area contributed by atoms with Crippen molar-refractivity contribution in [3.05, 3.63) is 28.0 Å². The van der Waals surface area contributed by atoms with E-state index < -0.39 is 25.7 Å². The van der Waals surface area contributed by atoms with Crippen LogP contribution in [0.3, 0.4) is 0 Å². The standard InChI is InChI=1S/C13H14BrClFNO3S/c1-7(8-2-3-8)6-17-13(18)9-4-10(16)12(14)11(5-9)21(15,19)20/h4-5,7-8H,2-3,6H2,1H3,(H,17,18). The van der Waals surface area contributed by atoms with Crippen LogP contribution in [0.2, 0.25) is 0 Å². The van der Waals surface area contributed by atoms with Crippen LogP contribution in [-0.4, -0.2) is 20.9 Å². The molecule has 1 aliphatic carbocycles. The molecule has 1 atom stereocenters. The summed E-state index contributed by atoms with van der Waals surface area (Å²) in [5.41, 5.74) is -0.0714. The van der Waals surface area contributed by atoms with Crippen LogP contribution in [0, 0.1) is 17.7 Å². The van der Waals surface area contributed by atoms with Crippen LogP contribution in [0.1, 0.15) is 30.1 Å². The molecule has 8 heteroatoms. The average molecular weight is 399 g/mol. The van der Waals surface area contributed by atoms with Crippen molar-refractivity contribution < 1.29 is 17.6 Å². The first-order valence-corrected chi connectivity index (χ1v) is 9.52. The van der Waals surface area contributed by atoms with E-state index in [-0.39, 0.29) is 10.0 Å². The number of halogens is 3. The second-order valence-corrected chi connectivity index (χ2v) is 8.56. The first-order valence-electron chi connectivity index (χ1n) is 6.42. The van der Waals surface area contributed by atoms with E-state index in [4.69, 9.17) is 10.7 Å². The first kappa shape index (κ1) is 16.7. The van der Waals surface area contributed by atoms with Crippen LogP contribution in [0.25, 0.3) is 0 Å². The maximum Gasteiger partial charge on any atom is 0.262 e. The van der Waals surface area contributed by atoms with E-state index in [1.165, 1.54) is 12.8 Å². The fraction of sp³-hybridized carbons (Fsp3) is 0.462. The summed E-state index contributed by atoms with van der Waals surface area (Å²) in [6.07, 6.45) is 2.33. The Bertz CT molecular complexity index is 676. The van der Waals surface area contributed by atoms with Crippen molar-refractivity contribution in [3.63, 3.8) is 0 Å². The molecule has 1 saturated carbocycles. The molecule has 4 nitrogen and oxygen atoms in total. The number of hydrogen-bond donors (Lipinski definition) is 1. The third kappa shape index (κ3) is 4.17. The summed E-state index contributed by atoms with van der Waals surface area (Å²) in [6, 6.07) is 2.04. The van der Waals surface area contributed by atoms with Gasteiger partial charge in [-0.25, -0.2) is 12.8 Å². The van der Waals surface area contributed by atoms with Crippen molar-refractivity contribution >= 4 is 41.6 Å². The van der Waals surface area contributed by atoms with Gasteiger partial charge in [-0.15, -0.1) is 0 Å². The molecule has 116 valence electrons. The van der Waals surface area contributed by atoms with Gasteiger partial charge in [0.2, 0.25) is 0 Å². The van der Waals surface area contributed by atoms with Gasteiger partial charge in [-0.3, -0.25) is 4.79 Å². The second kappa shape index (κ2) is 6.22. The molecule has 0 heterocycles. The Kier molecular flexibility index (Phi) is 4.95. The zero-order chi connectivity index (χ0) is 15.8. The van der Waals surface area contributed by atoms with E-state index in [0.29, 0.717) is 18.4 Å². The van der Waals surface area contributed by atoms with Gasteiger partial charge in [0, 0.05) is 22.8 Å². The van der Waals surface area contributed by atoms with Crippen LogP contribution in [0.15, 0.2) is 21.5 Å². The number of carbonyl (C=O) groups is 1. The molecule has 0 radical (unpaired) electrons. The lowest BCUT2D eigenvalue weighted by atomic mass is 10.1. The Balaban J connectivity index is 2.19. The van der Waals surface area contributed by atoms with Gasteiger partial charge < -0.3 is 5.32 Å². The summed E-state index contributed by atoms with van der Waals surface area (Å²) >= 11 is 2.82. The van der Waals surface area contributed by atoms with Crippen LogP contribution < -0.4 is 5.32 Å². The normalized spacial score (nSPS) is 16.6. The average Bonchev–Trinajstić information content (AvgIpc) is 3.21. The third-order valence-corrected chi connectivity index (χ3v) is 5.95. The fourth-order valence-electron chi connectivity index (χ4n) is 2.06. The fourth-order valence-corrected chi connectivity index (χ4v) is 4.15. The lowest BCUT2D eigenvalue weighted by molar-refractivity contribution is 0.0946. The van der Waals surface area contributed by atoms with Crippen molar-refractivity contribution in [1.29, 1.82) is 0 Å². The number of amides is 1. The molecule has 0 spiro atoms. The molecular formula is C13H14BrClFNO3S. The SMILES string of the molecule is CC(CNC(=O)c1cc(F)c(Br)c(S(=O)(=O)Cl)c1)C1CC1. The number of nitrogens with one attached hydrogen (secondary N) is 1. The van der Waals surface area contributed by atoms with Gasteiger partial charge in [0.25, 0.3) is 15.0 Å². The van der Waals surface area contributed by atoms with Crippen molar-refractivity contribution in [1.82, 2.24) is 5.32 Å². The van der Waals surface area contributed by atoms with E-state index in [0.717, 1.165) is 12.1 Å². The molecule has 0 saturated heterocycles. The van der Waals surface area contributed by atoms with Gasteiger partial charge in [-0.05, 0) is 52.7 Å². The lowest BCUT2D eigenvalue weighted by Crippen LogP contribution is -2.29. The maximum atomic E-state index is 13.7. The molecule has 1 fully saturated rings. The molecule has 1 amide bonds. The molecule has 2 rings (SSSR count). The van der Waals surface area contributed by atoms with E-state index >= 15 is 0 Å². The highest BCUT2D eigenvalue weighted by molar-refractivity contribution is 9.10. The Morgan fingerprint density at radius 3 is 2.67 bits per heavy atom. The van der Waals surface area contributed by atoms with Gasteiger partial charge >= 0.3 is 0 Å². The van der Waals surface area contributed by atoms with Crippen LogP contribution in [0.4, 0.5) is 4.39 Å². The lowest BCUT2D eigenvalue weighted by Gasteiger charge is -2.12. The van der Waals surface area contributed by atoms with Crippen LogP contribution >= 0.6 is 26.6 Å². The quantitative estimate of drug-likeness (QED) is 0.774. The van der Waals surface area contributed by atoms with E-state index in [9.17, 15) is 17.6 Å². The summed E-state index contributed by atoms with van der Waals surface area (Å²) in [5.74, 6) is -0.385. The van der Waals surface area contributed by atoms with Gasteiger partial charge in [-0.2, -0.15) is 0 Å². The first-order chi connectivity index (χ1) is 9.70. The smallest absolute Gasteiger partial charge is 0.262 e. The molecule has 0 aliphatic heterocycles. The minimum Gasteiger partial charge on any atom is -0.352 e. The highest BCUT2D eigenvalue weighted by Crippen LogP contribution is 2.36. The van der Waals surface area contributed by atoms with Gasteiger partial charge in [0.05, 0.1) is 4.47 Å². The summed E-state index contributed by atoms with van der Waals surface area (Å²) in [7, 11) is 1.09. The second-order valence-electron chi connectivity index (χ2n) is 5.23. The van der Waals surface area contributed by atoms with E-state index in [2.05, 4.69) is 21.2 Å². The third-order valence-electron chi connectivity index (χ3n) is 3.53. The summed E-state index contributed by atoms with van der Waals surface area (Å²) in [5, 5.41) is 2.69. The number of hydrogen-bond acceptors (Lipinski definition) is 3. The van der Waals surface area contributed by atoms with Crippen LogP contribution in [-0.2, 0) is 9.05 Å². The number of rotatable bonds is 5. The number of benzene rings is 1. The summed E-state index contributed by atoms with van der Waals surface area (Å²) < 4.78 is 36.2. The zero-order valence-corrected chi connectivity index (χ0v) is 14.4. The topological polar surface area (TPSA) is 63.2 Å². The van der Waals surface area contributed by atoms with E-state index in [1.807, 2.05) is 6.92 Å². The van der Waals surface area contributed by atoms with Gasteiger partial charge in [-0.1, -0.05) is 6.92 Å². The molecule has 21 heavy (non-hydrogen) atoms. The zero-order valence-electron chi connectivity index (χ0n) is 11.2. The molecule has 1 N–H and O–H groups in total. The Morgan fingerprint density at radius 2 is 2.14 bits per heavy atom. The van der Waals surface area contributed by atoms with Crippen molar-refractivity contribution in [2.75, 3.05) is 6.54 Å². The van der Waals surface area contributed by atoms with Gasteiger partial charge in [0.15, 0.2) is 0 Å². The molecule has 1 aromatic rings. The largest absolute Gasteiger partial charge is 0.352 e. The maximum absolute atomic E-state index is 13.7. The molecule has 1 aliphatic rings. The number of carbonyl (C=O) groups excluding carboxylic acids is 1. The Hall–Kier alpha value is -0.660. The highest BCUT2D eigenvalue weighted by atomic mass is 79.9. The predicted octanol–water partition coefficient (Wildman–Crippen LogP) is 3.29. The monoisotopic (exact) mass is 397 g/mol. The minimum atomic E-state index is -4.14. The Morgan fingerprint density at radius 1 is 1.52 bits per heavy atom. The summed E-state index contributed by atoms with van der Waals surface area (Å²) in [4.78, 5) is 11.5. The Labute approximate surface area is 135 Å². The molecule has 1 unspecified atom stereocenters. The molecular weight excluding hydrogens is 385 g/mol. The van der Waals surface area contributed by atoms with E-state index in [1.54, 1.807) is 0 Å². The summed E-state index contributed by atoms with van der Waals surface area (Å²) in [6.45, 7) is 2.51. The van der Waals surface area contributed by atoms with Crippen molar-refractivity contribution in [2.24, 2.45) is 11.8 Å². The van der Waals surface area contributed by atoms with Crippen LogP contribution in [0.5, 0.6) is 0 Å². The minimum absolute atomic E-state index is 0.0714. The molecule has 0 bridgehead atoms. The molecule has 0 aromatic heterocycles. The van der Waals surface area contributed by atoms with Gasteiger partial charge in [0.1, 0.15) is 10.7 Å².